The van der Waals surface area contributed by atoms with Crippen molar-refractivity contribution in [1.29, 1.82) is 0 Å². The summed E-state index contributed by atoms with van der Waals surface area (Å²) in [5.41, 5.74) is 1.67. The number of benzene rings is 2. The summed E-state index contributed by atoms with van der Waals surface area (Å²) in [6.45, 7) is 0. The van der Waals surface area contributed by atoms with Crippen LogP contribution in [-0.4, -0.2) is 17.0 Å². The number of hydrogen-bond donors (Lipinski definition) is 4. The van der Waals surface area contributed by atoms with Crippen LogP contribution in [0.25, 0.3) is 0 Å². The highest BCUT2D eigenvalue weighted by Gasteiger charge is 2.04. The molecule has 0 aliphatic heterocycles. The van der Waals surface area contributed by atoms with Crippen LogP contribution in [0.3, 0.4) is 0 Å². The van der Waals surface area contributed by atoms with Crippen molar-refractivity contribution >= 4 is 23.2 Å². The average molecular weight is 357 g/mol. The monoisotopic (exact) mass is 357 g/mol. The molecule has 2 aromatic rings. The molecule has 0 saturated carbocycles. The maximum atomic E-state index is 11.8. The molecule has 5 N–H and O–H groups in total. The van der Waals surface area contributed by atoms with E-state index in [1.165, 1.54) is 0 Å². The van der Waals surface area contributed by atoms with E-state index in [9.17, 15) is 9.59 Å². The molecule has 0 heterocycles. The third-order valence-corrected chi connectivity index (χ3v) is 3.67. The standard InChI is InChI=1S/C20H24N2O2.H3NO/c23-19(21-17-11-5-3-6-12-17)15-9-1-2-10-16-20(24)22-18-13-7-4-8-14-18;1-2/h3-8,11-14H,1-2,9-10,15-16H2,(H,21,23)(H,22,24);2H,1H2. The van der Waals surface area contributed by atoms with E-state index >= 15 is 0 Å². The van der Waals surface area contributed by atoms with Crippen LogP contribution in [0.5, 0.6) is 0 Å². The molecule has 2 aromatic carbocycles. The third-order valence-electron chi connectivity index (χ3n) is 3.67. The highest BCUT2D eigenvalue weighted by atomic mass is 16.4. The number of nitrogens with one attached hydrogen (secondary N) is 2. The topological polar surface area (TPSA) is 104 Å². The Morgan fingerprint density at radius 2 is 1.00 bits per heavy atom. The fourth-order valence-corrected chi connectivity index (χ4v) is 2.41. The first-order valence-corrected chi connectivity index (χ1v) is 8.69. The number of carbonyl (C=O) groups excluding carboxylic acids is 2. The second-order valence-corrected chi connectivity index (χ2v) is 5.74. The molecule has 2 amide bonds. The van der Waals surface area contributed by atoms with E-state index in [4.69, 9.17) is 5.21 Å². The zero-order valence-corrected chi connectivity index (χ0v) is 14.9. The Balaban J connectivity index is 0.00000163. The first-order valence-electron chi connectivity index (χ1n) is 8.69. The third kappa shape index (κ3) is 9.56. The molecule has 0 spiro atoms. The first kappa shape index (κ1) is 21.3. The Hall–Kier alpha value is -2.70. The lowest BCUT2D eigenvalue weighted by Gasteiger charge is -2.06. The zero-order chi connectivity index (χ0) is 19.0. The van der Waals surface area contributed by atoms with Crippen molar-refractivity contribution in [3.05, 3.63) is 60.7 Å². The van der Waals surface area contributed by atoms with Crippen molar-refractivity contribution in [2.24, 2.45) is 5.90 Å². The van der Waals surface area contributed by atoms with Crippen LogP contribution in [0.4, 0.5) is 11.4 Å². The van der Waals surface area contributed by atoms with E-state index in [0.717, 1.165) is 37.1 Å². The molecular weight excluding hydrogens is 330 g/mol. The van der Waals surface area contributed by atoms with Gasteiger partial charge in [0, 0.05) is 24.2 Å². The summed E-state index contributed by atoms with van der Waals surface area (Å²) >= 11 is 0. The van der Waals surface area contributed by atoms with Crippen molar-refractivity contribution < 1.29 is 14.8 Å². The maximum absolute atomic E-state index is 11.8. The smallest absolute Gasteiger partial charge is 0.224 e. The molecule has 6 nitrogen and oxygen atoms in total. The van der Waals surface area contributed by atoms with Gasteiger partial charge in [-0.2, -0.15) is 0 Å². The number of unbranched alkanes of at least 4 members (excludes halogenated alkanes) is 3. The number of para-hydroxylation sites is 2. The highest BCUT2D eigenvalue weighted by molar-refractivity contribution is 5.91. The number of amides is 2. The lowest BCUT2D eigenvalue weighted by Crippen LogP contribution is -2.11. The van der Waals surface area contributed by atoms with E-state index in [-0.39, 0.29) is 11.8 Å². The van der Waals surface area contributed by atoms with Crippen LogP contribution in [0.15, 0.2) is 60.7 Å². The summed E-state index contributed by atoms with van der Waals surface area (Å²) in [6, 6.07) is 18.9. The summed E-state index contributed by atoms with van der Waals surface area (Å²) in [5.74, 6) is 3.59. The summed E-state index contributed by atoms with van der Waals surface area (Å²) in [4.78, 5) is 23.6. The van der Waals surface area contributed by atoms with E-state index in [0.29, 0.717) is 12.8 Å². The predicted molar refractivity (Wildman–Crippen MR) is 104 cm³/mol. The normalized spacial score (nSPS) is 9.62. The molecule has 0 fully saturated rings. The SMILES string of the molecule is NO.O=C(CCCCCCC(=O)Nc1ccccc1)Nc1ccccc1. The number of anilines is 2. The highest BCUT2D eigenvalue weighted by Crippen LogP contribution is 2.10. The summed E-state index contributed by atoms with van der Waals surface area (Å²) in [5, 5.41) is 12.3. The average Bonchev–Trinajstić information content (AvgIpc) is 2.68. The van der Waals surface area contributed by atoms with Gasteiger partial charge in [-0.15, -0.1) is 0 Å². The van der Waals surface area contributed by atoms with E-state index in [1.54, 1.807) is 0 Å². The molecule has 0 unspecified atom stereocenters. The zero-order valence-electron chi connectivity index (χ0n) is 14.9. The molecule has 0 atom stereocenters. The van der Waals surface area contributed by atoms with E-state index < -0.39 is 0 Å². The molecule has 0 aliphatic carbocycles. The van der Waals surface area contributed by atoms with Gasteiger partial charge in [-0.25, -0.2) is 5.90 Å². The lowest BCUT2D eigenvalue weighted by atomic mass is 10.1. The van der Waals surface area contributed by atoms with Gasteiger partial charge in [0.05, 0.1) is 0 Å². The van der Waals surface area contributed by atoms with Gasteiger partial charge in [0.1, 0.15) is 0 Å². The molecule has 6 heteroatoms. The van der Waals surface area contributed by atoms with Crippen LogP contribution in [0.1, 0.15) is 38.5 Å². The van der Waals surface area contributed by atoms with Crippen LogP contribution in [-0.2, 0) is 9.59 Å². The van der Waals surface area contributed by atoms with Crippen molar-refractivity contribution in [3.8, 4) is 0 Å². The largest absolute Gasteiger partial charge is 0.326 e. The summed E-state index contributed by atoms with van der Waals surface area (Å²) in [6.07, 6.45) is 4.65. The van der Waals surface area contributed by atoms with Crippen molar-refractivity contribution in [3.63, 3.8) is 0 Å². The van der Waals surface area contributed by atoms with Gasteiger partial charge in [0.15, 0.2) is 0 Å². The molecule has 26 heavy (non-hydrogen) atoms. The number of rotatable bonds is 9. The second-order valence-electron chi connectivity index (χ2n) is 5.74. The van der Waals surface area contributed by atoms with Gasteiger partial charge < -0.3 is 15.8 Å². The molecule has 0 aromatic heterocycles. The Morgan fingerprint density at radius 3 is 1.35 bits per heavy atom. The van der Waals surface area contributed by atoms with Crippen LogP contribution in [0.2, 0.25) is 0 Å². The Kier molecular flexibility index (Phi) is 11.1. The lowest BCUT2D eigenvalue weighted by molar-refractivity contribution is -0.117. The van der Waals surface area contributed by atoms with Crippen molar-refractivity contribution in [2.45, 2.75) is 38.5 Å². The predicted octanol–water partition coefficient (Wildman–Crippen LogP) is 3.94. The minimum Gasteiger partial charge on any atom is -0.326 e. The summed E-state index contributed by atoms with van der Waals surface area (Å²) in [7, 11) is 0. The van der Waals surface area contributed by atoms with Gasteiger partial charge in [0.2, 0.25) is 11.8 Å². The van der Waals surface area contributed by atoms with Gasteiger partial charge in [-0.1, -0.05) is 49.2 Å². The summed E-state index contributed by atoms with van der Waals surface area (Å²) < 4.78 is 0. The second kappa shape index (κ2) is 13.6. The van der Waals surface area contributed by atoms with Crippen LogP contribution >= 0.6 is 0 Å². The number of hydrogen-bond acceptors (Lipinski definition) is 4. The van der Waals surface area contributed by atoms with E-state index in [2.05, 4.69) is 16.5 Å². The number of carbonyl (C=O) groups is 2. The molecule has 140 valence electrons. The number of nitrogens with two attached hydrogens (primary N) is 1. The first-order chi connectivity index (χ1) is 12.7. The van der Waals surface area contributed by atoms with Gasteiger partial charge >= 0.3 is 0 Å². The van der Waals surface area contributed by atoms with Gasteiger partial charge in [0.25, 0.3) is 0 Å². The fourth-order valence-electron chi connectivity index (χ4n) is 2.41. The van der Waals surface area contributed by atoms with E-state index in [1.807, 2.05) is 60.7 Å². The van der Waals surface area contributed by atoms with Crippen molar-refractivity contribution in [1.82, 2.24) is 0 Å². The molecule has 0 aliphatic rings. The Labute approximate surface area is 154 Å². The van der Waals surface area contributed by atoms with Gasteiger partial charge in [-0.3, -0.25) is 9.59 Å². The fraction of sp³-hybridized carbons (Fsp3) is 0.300. The Morgan fingerprint density at radius 1 is 0.654 bits per heavy atom. The Bertz CT molecular complexity index is 576. The van der Waals surface area contributed by atoms with Gasteiger partial charge in [-0.05, 0) is 37.1 Å². The molecule has 0 bridgehead atoms. The molecule has 0 radical (unpaired) electrons. The molecule has 2 rings (SSSR count). The molecular formula is C20H27N3O3. The van der Waals surface area contributed by atoms with Crippen molar-refractivity contribution in [2.75, 3.05) is 10.6 Å². The van der Waals surface area contributed by atoms with Crippen LogP contribution < -0.4 is 16.5 Å². The minimum absolute atomic E-state index is 0.0445. The quantitative estimate of drug-likeness (QED) is 0.403. The maximum Gasteiger partial charge on any atom is 0.224 e. The molecule has 0 saturated heterocycles. The van der Waals surface area contributed by atoms with Crippen LogP contribution in [0, 0.1) is 0 Å². The minimum atomic E-state index is 0.0445.